The average molecular weight is 256 g/mol. The molecule has 0 spiro atoms. The Morgan fingerprint density at radius 2 is 1.94 bits per heavy atom. The number of esters is 1. The molecule has 1 aliphatic heterocycles. The summed E-state index contributed by atoms with van der Waals surface area (Å²) < 4.78 is 10.4. The second-order valence-corrected chi connectivity index (χ2v) is 5.93. The standard InChI is InChI=1S/C15H28O3/c1-4-11-17-14(16)15(2,3)10-8-6-5-7-9-13-12-18-13/h13H,4-12H2,1-3H3. The SMILES string of the molecule is CCCOC(=O)C(C)(C)CCCCCCC1CO1. The van der Waals surface area contributed by atoms with Gasteiger partial charge in [0.25, 0.3) is 0 Å². The first-order valence-electron chi connectivity index (χ1n) is 7.35. The Hall–Kier alpha value is -0.570. The van der Waals surface area contributed by atoms with Crippen LogP contribution in [0.3, 0.4) is 0 Å². The van der Waals surface area contributed by atoms with Gasteiger partial charge in [-0.25, -0.2) is 0 Å². The Balaban J connectivity index is 2.01. The van der Waals surface area contributed by atoms with Crippen molar-refractivity contribution in [1.29, 1.82) is 0 Å². The van der Waals surface area contributed by atoms with Crippen LogP contribution in [0.5, 0.6) is 0 Å². The van der Waals surface area contributed by atoms with Gasteiger partial charge in [0.15, 0.2) is 0 Å². The Morgan fingerprint density at radius 3 is 2.56 bits per heavy atom. The lowest BCUT2D eigenvalue weighted by Gasteiger charge is -2.22. The number of rotatable bonds is 10. The first-order chi connectivity index (χ1) is 8.56. The molecule has 3 heteroatoms. The van der Waals surface area contributed by atoms with Gasteiger partial charge in [-0.2, -0.15) is 0 Å². The summed E-state index contributed by atoms with van der Waals surface area (Å²) in [6.45, 7) is 7.51. The third kappa shape index (κ3) is 6.39. The maximum absolute atomic E-state index is 11.8. The van der Waals surface area contributed by atoms with Crippen molar-refractivity contribution in [2.24, 2.45) is 5.41 Å². The fourth-order valence-electron chi connectivity index (χ4n) is 2.02. The Kier molecular flexibility index (Phi) is 6.69. The van der Waals surface area contributed by atoms with E-state index < -0.39 is 0 Å². The van der Waals surface area contributed by atoms with E-state index in [-0.39, 0.29) is 11.4 Å². The van der Waals surface area contributed by atoms with Crippen LogP contribution in [-0.2, 0) is 14.3 Å². The number of unbranched alkanes of at least 4 members (excludes halogenated alkanes) is 3. The molecular weight excluding hydrogens is 228 g/mol. The number of hydrogen-bond acceptors (Lipinski definition) is 3. The van der Waals surface area contributed by atoms with Crippen LogP contribution in [0.1, 0.15) is 65.7 Å². The summed E-state index contributed by atoms with van der Waals surface area (Å²) in [5, 5.41) is 0. The molecule has 1 heterocycles. The Labute approximate surface area is 111 Å². The minimum atomic E-state index is -0.325. The zero-order chi connectivity index (χ0) is 13.4. The van der Waals surface area contributed by atoms with Crippen LogP contribution in [0.25, 0.3) is 0 Å². The Bertz CT molecular complexity index is 244. The van der Waals surface area contributed by atoms with Crippen LogP contribution in [0.15, 0.2) is 0 Å². The van der Waals surface area contributed by atoms with E-state index in [1.54, 1.807) is 0 Å². The van der Waals surface area contributed by atoms with Gasteiger partial charge in [-0.3, -0.25) is 4.79 Å². The van der Waals surface area contributed by atoms with Gasteiger partial charge in [0.2, 0.25) is 0 Å². The highest BCUT2D eigenvalue weighted by atomic mass is 16.6. The molecule has 1 unspecified atom stereocenters. The van der Waals surface area contributed by atoms with E-state index in [0.29, 0.717) is 12.7 Å². The van der Waals surface area contributed by atoms with Crippen molar-refractivity contribution in [3.8, 4) is 0 Å². The van der Waals surface area contributed by atoms with Crippen LogP contribution >= 0.6 is 0 Å². The van der Waals surface area contributed by atoms with Crippen molar-refractivity contribution in [3.63, 3.8) is 0 Å². The molecule has 0 aromatic heterocycles. The first-order valence-corrected chi connectivity index (χ1v) is 7.35. The van der Waals surface area contributed by atoms with E-state index >= 15 is 0 Å². The zero-order valence-corrected chi connectivity index (χ0v) is 12.2. The number of ether oxygens (including phenoxy) is 2. The smallest absolute Gasteiger partial charge is 0.311 e. The topological polar surface area (TPSA) is 38.8 Å². The van der Waals surface area contributed by atoms with Gasteiger partial charge in [-0.05, 0) is 33.1 Å². The summed E-state index contributed by atoms with van der Waals surface area (Å²) in [6, 6.07) is 0. The molecule has 106 valence electrons. The second kappa shape index (κ2) is 7.78. The van der Waals surface area contributed by atoms with Crippen molar-refractivity contribution in [1.82, 2.24) is 0 Å². The van der Waals surface area contributed by atoms with Gasteiger partial charge in [0.05, 0.1) is 24.7 Å². The third-order valence-corrected chi connectivity index (χ3v) is 3.47. The van der Waals surface area contributed by atoms with Crippen LogP contribution in [-0.4, -0.2) is 25.3 Å². The number of carbonyl (C=O) groups excluding carboxylic acids is 1. The van der Waals surface area contributed by atoms with E-state index in [1.807, 2.05) is 20.8 Å². The van der Waals surface area contributed by atoms with Crippen LogP contribution in [0.4, 0.5) is 0 Å². The quantitative estimate of drug-likeness (QED) is 0.340. The lowest BCUT2D eigenvalue weighted by Crippen LogP contribution is -2.26. The normalized spacial score (nSPS) is 18.7. The summed E-state index contributed by atoms with van der Waals surface area (Å²) in [6.07, 6.45) is 8.41. The molecule has 18 heavy (non-hydrogen) atoms. The molecule has 0 N–H and O–H groups in total. The molecule has 0 bridgehead atoms. The average Bonchev–Trinajstić information content (AvgIpc) is 3.14. The summed E-state index contributed by atoms with van der Waals surface area (Å²) in [5.74, 6) is -0.0456. The monoisotopic (exact) mass is 256 g/mol. The molecule has 1 aliphatic rings. The number of epoxide rings is 1. The van der Waals surface area contributed by atoms with E-state index in [2.05, 4.69) is 0 Å². The lowest BCUT2D eigenvalue weighted by atomic mass is 9.87. The maximum Gasteiger partial charge on any atom is 0.311 e. The van der Waals surface area contributed by atoms with E-state index in [1.165, 1.54) is 25.7 Å². The highest BCUT2D eigenvalue weighted by Crippen LogP contribution is 2.26. The van der Waals surface area contributed by atoms with Gasteiger partial charge < -0.3 is 9.47 Å². The molecule has 1 atom stereocenters. The second-order valence-electron chi connectivity index (χ2n) is 5.93. The van der Waals surface area contributed by atoms with Crippen LogP contribution < -0.4 is 0 Å². The molecule has 1 fully saturated rings. The summed E-state index contributed by atoms with van der Waals surface area (Å²) in [4.78, 5) is 11.8. The lowest BCUT2D eigenvalue weighted by molar-refractivity contribution is -0.154. The third-order valence-electron chi connectivity index (χ3n) is 3.47. The van der Waals surface area contributed by atoms with Crippen LogP contribution in [0, 0.1) is 5.41 Å². The molecule has 0 amide bonds. The molecule has 0 aliphatic carbocycles. The van der Waals surface area contributed by atoms with Gasteiger partial charge in [0, 0.05) is 0 Å². The predicted octanol–water partition coefficient (Wildman–Crippen LogP) is 3.71. The highest BCUT2D eigenvalue weighted by Gasteiger charge is 2.28. The van der Waals surface area contributed by atoms with Crippen LogP contribution in [0.2, 0.25) is 0 Å². The predicted molar refractivity (Wildman–Crippen MR) is 72.5 cm³/mol. The van der Waals surface area contributed by atoms with Gasteiger partial charge in [0.1, 0.15) is 0 Å². The molecule has 0 aromatic rings. The summed E-state index contributed by atoms with van der Waals surface area (Å²) in [5.41, 5.74) is -0.325. The minimum absolute atomic E-state index is 0.0456. The zero-order valence-electron chi connectivity index (χ0n) is 12.2. The van der Waals surface area contributed by atoms with Gasteiger partial charge in [-0.1, -0.05) is 32.6 Å². The molecule has 0 saturated carbocycles. The van der Waals surface area contributed by atoms with Crippen molar-refractivity contribution < 1.29 is 14.3 Å². The first kappa shape index (κ1) is 15.5. The highest BCUT2D eigenvalue weighted by molar-refractivity contribution is 5.75. The van der Waals surface area contributed by atoms with Crippen molar-refractivity contribution >= 4 is 5.97 Å². The number of carbonyl (C=O) groups is 1. The van der Waals surface area contributed by atoms with E-state index in [0.717, 1.165) is 25.9 Å². The maximum atomic E-state index is 11.8. The fraction of sp³-hybridized carbons (Fsp3) is 0.933. The number of hydrogen-bond donors (Lipinski definition) is 0. The van der Waals surface area contributed by atoms with Crippen molar-refractivity contribution in [2.75, 3.05) is 13.2 Å². The minimum Gasteiger partial charge on any atom is -0.465 e. The van der Waals surface area contributed by atoms with Crippen molar-refractivity contribution in [2.45, 2.75) is 71.8 Å². The molecular formula is C15H28O3. The van der Waals surface area contributed by atoms with E-state index in [9.17, 15) is 4.79 Å². The van der Waals surface area contributed by atoms with Gasteiger partial charge in [-0.15, -0.1) is 0 Å². The summed E-state index contributed by atoms with van der Waals surface area (Å²) in [7, 11) is 0. The molecule has 1 saturated heterocycles. The molecule has 0 aromatic carbocycles. The fourth-order valence-corrected chi connectivity index (χ4v) is 2.02. The Morgan fingerprint density at radius 1 is 1.28 bits per heavy atom. The molecule has 1 rings (SSSR count). The van der Waals surface area contributed by atoms with Gasteiger partial charge >= 0.3 is 5.97 Å². The molecule has 3 nitrogen and oxygen atoms in total. The van der Waals surface area contributed by atoms with E-state index in [4.69, 9.17) is 9.47 Å². The summed E-state index contributed by atoms with van der Waals surface area (Å²) >= 11 is 0. The van der Waals surface area contributed by atoms with Crippen molar-refractivity contribution in [3.05, 3.63) is 0 Å². The molecule has 0 radical (unpaired) electrons. The largest absolute Gasteiger partial charge is 0.465 e.